The van der Waals surface area contributed by atoms with Gasteiger partial charge in [-0.25, -0.2) is 0 Å². The summed E-state index contributed by atoms with van der Waals surface area (Å²) in [5.41, 5.74) is 0.928. The van der Waals surface area contributed by atoms with Crippen molar-refractivity contribution in [1.82, 2.24) is 0 Å². The Morgan fingerprint density at radius 1 is 1.32 bits per heavy atom. The molecular weight excluding hydrogens is 238 g/mol. The molecule has 0 saturated carbocycles. The van der Waals surface area contributed by atoms with Gasteiger partial charge < -0.3 is 9.69 Å². The number of anilines is 1. The first-order valence-corrected chi connectivity index (χ1v) is 6.87. The minimum Gasteiger partial charge on any atom is -0.309 e. The molecule has 0 N–H and O–H groups in total. The number of amides is 1. The molecule has 1 fully saturated rings. The normalized spacial score (nSPS) is 19.8. The van der Waals surface area contributed by atoms with E-state index in [4.69, 9.17) is 0 Å². The van der Waals surface area contributed by atoms with E-state index in [1.165, 1.54) is 0 Å². The molecule has 1 aliphatic rings. The third kappa shape index (κ3) is 2.86. The average molecular weight is 259 g/mol. The third-order valence-electron chi connectivity index (χ3n) is 4.05. The topological polar surface area (TPSA) is 37.4 Å². The highest BCUT2D eigenvalue weighted by Gasteiger charge is 2.41. The molecule has 1 aliphatic heterocycles. The van der Waals surface area contributed by atoms with Crippen molar-refractivity contribution < 1.29 is 9.59 Å². The minimum absolute atomic E-state index is 0.0388. The molecule has 1 atom stereocenters. The van der Waals surface area contributed by atoms with Gasteiger partial charge in [-0.3, -0.25) is 4.79 Å². The SMILES string of the molecule is CC(C)(CCC=O)C1CCC(=O)N1c1ccccc1. The predicted molar refractivity (Wildman–Crippen MR) is 76.0 cm³/mol. The lowest BCUT2D eigenvalue weighted by Gasteiger charge is -2.37. The second-order valence-electron chi connectivity index (χ2n) is 5.85. The molecule has 1 saturated heterocycles. The first kappa shape index (κ1) is 13.8. The van der Waals surface area contributed by atoms with Crippen LogP contribution in [0.2, 0.25) is 0 Å². The van der Waals surface area contributed by atoms with Crippen LogP contribution in [-0.2, 0) is 9.59 Å². The minimum atomic E-state index is -0.0388. The molecule has 0 aliphatic carbocycles. The number of hydrogen-bond donors (Lipinski definition) is 0. The number of carbonyl (C=O) groups excluding carboxylic acids is 2. The van der Waals surface area contributed by atoms with Crippen molar-refractivity contribution in [2.75, 3.05) is 4.90 Å². The van der Waals surface area contributed by atoms with Crippen molar-refractivity contribution in [1.29, 1.82) is 0 Å². The summed E-state index contributed by atoms with van der Waals surface area (Å²) in [4.78, 5) is 24.7. The molecule has 3 heteroatoms. The summed E-state index contributed by atoms with van der Waals surface area (Å²) in [5, 5.41) is 0. The van der Waals surface area contributed by atoms with Gasteiger partial charge in [0.05, 0.1) is 0 Å². The summed E-state index contributed by atoms with van der Waals surface area (Å²) in [6.07, 6.45) is 3.81. The lowest BCUT2D eigenvalue weighted by molar-refractivity contribution is -0.117. The molecular formula is C16H21NO2. The van der Waals surface area contributed by atoms with E-state index in [0.29, 0.717) is 12.8 Å². The summed E-state index contributed by atoms with van der Waals surface area (Å²) in [6.45, 7) is 4.30. The molecule has 1 aromatic rings. The van der Waals surface area contributed by atoms with Crippen LogP contribution in [-0.4, -0.2) is 18.2 Å². The van der Waals surface area contributed by atoms with Gasteiger partial charge in [0.2, 0.25) is 5.91 Å². The first-order chi connectivity index (χ1) is 9.06. The van der Waals surface area contributed by atoms with Gasteiger partial charge in [-0.15, -0.1) is 0 Å². The number of carbonyl (C=O) groups is 2. The second kappa shape index (κ2) is 5.55. The van der Waals surface area contributed by atoms with Gasteiger partial charge in [-0.05, 0) is 30.4 Å². The standard InChI is InChI=1S/C16H21NO2/c1-16(2,11-6-12-18)14-9-10-15(19)17(14)13-7-4-3-5-8-13/h3-5,7-8,12,14H,6,9-11H2,1-2H3. The van der Waals surface area contributed by atoms with E-state index in [2.05, 4.69) is 13.8 Å². The van der Waals surface area contributed by atoms with E-state index in [1.807, 2.05) is 35.2 Å². The summed E-state index contributed by atoms with van der Waals surface area (Å²) in [7, 11) is 0. The zero-order valence-corrected chi connectivity index (χ0v) is 11.6. The highest BCUT2D eigenvalue weighted by Crippen LogP contribution is 2.39. The van der Waals surface area contributed by atoms with Crippen LogP contribution in [0.4, 0.5) is 5.69 Å². The first-order valence-electron chi connectivity index (χ1n) is 6.87. The van der Waals surface area contributed by atoms with E-state index in [0.717, 1.165) is 24.8 Å². The van der Waals surface area contributed by atoms with Crippen LogP contribution in [0.1, 0.15) is 39.5 Å². The molecule has 3 nitrogen and oxygen atoms in total. The Bertz CT molecular complexity index is 453. The average Bonchev–Trinajstić information content (AvgIpc) is 2.80. The maximum Gasteiger partial charge on any atom is 0.227 e. The van der Waals surface area contributed by atoms with Gasteiger partial charge in [-0.1, -0.05) is 32.0 Å². The molecule has 1 heterocycles. The van der Waals surface area contributed by atoms with E-state index >= 15 is 0 Å². The van der Waals surface area contributed by atoms with Gasteiger partial charge in [0.15, 0.2) is 0 Å². The second-order valence-corrected chi connectivity index (χ2v) is 5.85. The Hall–Kier alpha value is -1.64. The Morgan fingerprint density at radius 2 is 2.00 bits per heavy atom. The van der Waals surface area contributed by atoms with Crippen LogP contribution in [0.3, 0.4) is 0 Å². The Balaban J connectivity index is 2.25. The zero-order valence-electron chi connectivity index (χ0n) is 11.6. The maximum absolute atomic E-state index is 12.2. The zero-order chi connectivity index (χ0) is 13.9. The summed E-state index contributed by atoms with van der Waals surface area (Å²) in [5.74, 6) is 0.190. The van der Waals surface area contributed by atoms with Crippen molar-refractivity contribution in [2.24, 2.45) is 5.41 Å². The molecule has 19 heavy (non-hydrogen) atoms. The van der Waals surface area contributed by atoms with Crippen LogP contribution < -0.4 is 4.90 Å². The van der Waals surface area contributed by atoms with Crippen molar-refractivity contribution in [3.8, 4) is 0 Å². The van der Waals surface area contributed by atoms with Crippen molar-refractivity contribution in [3.63, 3.8) is 0 Å². The molecule has 102 valence electrons. The Morgan fingerprint density at radius 3 is 2.63 bits per heavy atom. The maximum atomic E-state index is 12.2. The van der Waals surface area contributed by atoms with Gasteiger partial charge in [-0.2, -0.15) is 0 Å². The number of hydrogen-bond acceptors (Lipinski definition) is 2. The van der Waals surface area contributed by atoms with Gasteiger partial charge in [0.25, 0.3) is 0 Å². The monoisotopic (exact) mass is 259 g/mol. The van der Waals surface area contributed by atoms with Gasteiger partial charge >= 0.3 is 0 Å². The third-order valence-corrected chi connectivity index (χ3v) is 4.05. The largest absolute Gasteiger partial charge is 0.309 e. The van der Waals surface area contributed by atoms with Crippen LogP contribution in [0, 0.1) is 5.41 Å². The predicted octanol–water partition coefficient (Wildman–Crippen LogP) is 3.19. The van der Waals surface area contributed by atoms with Crippen molar-refractivity contribution >= 4 is 17.9 Å². The molecule has 1 aromatic carbocycles. The highest BCUT2D eigenvalue weighted by molar-refractivity contribution is 5.96. The van der Waals surface area contributed by atoms with Crippen LogP contribution >= 0.6 is 0 Å². The summed E-state index contributed by atoms with van der Waals surface area (Å²) < 4.78 is 0. The van der Waals surface area contributed by atoms with E-state index in [1.54, 1.807) is 0 Å². The number of nitrogens with zero attached hydrogens (tertiary/aromatic N) is 1. The van der Waals surface area contributed by atoms with E-state index in [9.17, 15) is 9.59 Å². The fraction of sp³-hybridized carbons (Fsp3) is 0.500. The fourth-order valence-corrected chi connectivity index (χ4v) is 2.93. The van der Waals surface area contributed by atoms with Crippen LogP contribution in [0.5, 0.6) is 0 Å². The Labute approximate surface area is 114 Å². The quantitative estimate of drug-likeness (QED) is 0.762. The van der Waals surface area contributed by atoms with E-state index < -0.39 is 0 Å². The molecule has 2 rings (SSSR count). The molecule has 0 bridgehead atoms. The number of para-hydroxylation sites is 1. The van der Waals surface area contributed by atoms with E-state index in [-0.39, 0.29) is 17.4 Å². The Kier molecular flexibility index (Phi) is 4.03. The van der Waals surface area contributed by atoms with Gasteiger partial charge in [0.1, 0.15) is 6.29 Å². The molecule has 0 aromatic heterocycles. The number of aldehydes is 1. The highest BCUT2D eigenvalue weighted by atomic mass is 16.2. The lowest BCUT2D eigenvalue weighted by atomic mass is 9.79. The number of benzene rings is 1. The fourth-order valence-electron chi connectivity index (χ4n) is 2.93. The smallest absolute Gasteiger partial charge is 0.227 e. The summed E-state index contributed by atoms with van der Waals surface area (Å²) >= 11 is 0. The summed E-state index contributed by atoms with van der Waals surface area (Å²) in [6, 6.07) is 10.0. The van der Waals surface area contributed by atoms with Crippen molar-refractivity contribution in [2.45, 2.75) is 45.6 Å². The molecule has 0 spiro atoms. The molecule has 0 radical (unpaired) electrons. The number of rotatable bonds is 5. The lowest BCUT2D eigenvalue weighted by Crippen LogP contribution is -2.43. The molecule has 1 unspecified atom stereocenters. The van der Waals surface area contributed by atoms with Gasteiger partial charge in [0, 0.05) is 24.6 Å². The molecule has 1 amide bonds. The van der Waals surface area contributed by atoms with Crippen molar-refractivity contribution in [3.05, 3.63) is 30.3 Å². The van der Waals surface area contributed by atoms with Crippen LogP contribution in [0.25, 0.3) is 0 Å². The van der Waals surface area contributed by atoms with Crippen LogP contribution in [0.15, 0.2) is 30.3 Å².